The SMILES string of the molecule is C[C@]12CC[C@@H]3c4ccc(OC(=O)c5cc(O)c(O)c(O)c5)cc4CC[C@H]3[C@@H]1CC[C@@H]2O. The quantitative estimate of drug-likeness (QED) is 0.326. The molecule has 2 fully saturated rings. The van der Waals surface area contributed by atoms with Gasteiger partial charge in [0.15, 0.2) is 17.2 Å². The molecular weight excluding hydrogens is 396 g/mol. The second kappa shape index (κ2) is 7.16. The molecule has 2 aromatic carbocycles. The Morgan fingerprint density at radius 2 is 1.77 bits per heavy atom. The second-order valence-corrected chi connectivity index (χ2v) is 9.67. The lowest BCUT2D eigenvalue weighted by Gasteiger charge is -2.50. The summed E-state index contributed by atoms with van der Waals surface area (Å²) in [6, 6.07) is 7.91. The number of rotatable bonds is 2. The smallest absolute Gasteiger partial charge is 0.343 e. The zero-order valence-corrected chi connectivity index (χ0v) is 17.5. The summed E-state index contributed by atoms with van der Waals surface area (Å²) in [6.07, 6.45) is 5.97. The average Bonchev–Trinajstić information content (AvgIpc) is 3.06. The molecule has 3 aliphatic carbocycles. The summed E-state index contributed by atoms with van der Waals surface area (Å²) in [4.78, 5) is 12.5. The molecule has 6 nitrogen and oxygen atoms in total. The average molecular weight is 424 g/mol. The van der Waals surface area contributed by atoms with Crippen LogP contribution < -0.4 is 4.74 Å². The van der Waals surface area contributed by atoms with Gasteiger partial charge in [-0.25, -0.2) is 4.79 Å². The molecule has 4 N–H and O–H groups in total. The van der Waals surface area contributed by atoms with E-state index in [9.17, 15) is 25.2 Å². The minimum atomic E-state index is -0.715. The van der Waals surface area contributed by atoms with Crippen molar-refractivity contribution >= 4 is 5.97 Å². The largest absolute Gasteiger partial charge is 0.504 e. The molecule has 0 spiro atoms. The van der Waals surface area contributed by atoms with Crippen molar-refractivity contribution in [3.63, 3.8) is 0 Å². The van der Waals surface area contributed by atoms with Crippen LogP contribution in [0.15, 0.2) is 30.3 Å². The van der Waals surface area contributed by atoms with Gasteiger partial charge in [-0.1, -0.05) is 13.0 Å². The summed E-state index contributed by atoms with van der Waals surface area (Å²) in [5, 5.41) is 39.2. The number of hydrogen-bond donors (Lipinski definition) is 4. The van der Waals surface area contributed by atoms with Crippen LogP contribution in [0, 0.1) is 17.3 Å². The molecular formula is C25H28O6. The number of aromatic hydroxyl groups is 3. The molecule has 2 aromatic rings. The zero-order chi connectivity index (χ0) is 21.9. The van der Waals surface area contributed by atoms with E-state index in [-0.39, 0.29) is 17.1 Å². The maximum absolute atomic E-state index is 12.5. The lowest BCUT2D eigenvalue weighted by Crippen LogP contribution is -2.43. The highest BCUT2D eigenvalue weighted by Crippen LogP contribution is 2.60. The highest BCUT2D eigenvalue weighted by molar-refractivity contribution is 5.92. The first-order valence-electron chi connectivity index (χ1n) is 11.1. The summed E-state index contributed by atoms with van der Waals surface area (Å²) >= 11 is 0. The number of ether oxygens (including phenoxy) is 1. The van der Waals surface area contributed by atoms with Gasteiger partial charge in [0.25, 0.3) is 0 Å². The van der Waals surface area contributed by atoms with Gasteiger partial charge in [-0.3, -0.25) is 0 Å². The number of phenolic OH excluding ortho intramolecular Hbond substituents is 3. The Kier molecular flexibility index (Phi) is 4.66. The standard InChI is InChI=1S/C25H28O6/c1-25-9-8-17-16-5-3-15(31-24(30)14-11-20(26)23(29)21(27)12-14)10-13(16)2-4-18(17)19(25)6-7-22(25)28/h3,5,10-12,17-19,22,26-29H,2,4,6-9H2,1H3/t17-,18-,19+,22+,25+/m1/s1. The van der Waals surface area contributed by atoms with Gasteiger partial charge in [0.1, 0.15) is 5.75 Å². The van der Waals surface area contributed by atoms with Crippen LogP contribution in [0.1, 0.15) is 66.4 Å². The molecule has 164 valence electrons. The zero-order valence-electron chi connectivity index (χ0n) is 17.5. The van der Waals surface area contributed by atoms with Crippen molar-refractivity contribution in [2.45, 2.75) is 57.5 Å². The van der Waals surface area contributed by atoms with Crippen molar-refractivity contribution in [3.8, 4) is 23.0 Å². The molecule has 5 rings (SSSR count). The molecule has 0 heterocycles. The summed E-state index contributed by atoms with van der Waals surface area (Å²) in [5.41, 5.74) is 2.54. The fourth-order valence-corrected chi connectivity index (χ4v) is 6.48. The van der Waals surface area contributed by atoms with Crippen molar-refractivity contribution < 1.29 is 30.0 Å². The number of fused-ring (bicyclic) bond motifs is 5. The first-order valence-corrected chi connectivity index (χ1v) is 11.1. The highest BCUT2D eigenvalue weighted by atomic mass is 16.5. The van der Waals surface area contributed by atoms with Gasteiger partial charge in [-0.15, -0.1) is 0 Å². The lowest BCUT2D eigenvalue weighted by atomic mass is 9.55. The van der Waals surface area contributed by atoms with Crippen LogP contribution in [0.2, 0.25) is 0 Å². The summed E-state index contributed by atoms with van der Waals surface area (Å²) in [6.45, 7) is 2.27. The van der Waals surface area contributed by atoms with Crippen molar-refractivity contribution in [2.75, 3.05) is 0 Å². The lowest BCUT2D eigenvalue weighted by molar-refractivity contribution is -0.0226. The predicted molar refractivity (Wildman–Crippen MR) is 113 cm³/mol. The van der Waals surface area contributed by atoms with E-state index in [4.69, 9.17) is 4.74 Å². The summed E-state index contributed by atoms with van der Waals surface area (Å²) in [7, 11) is 0. The second-order valence-electron chi connectivity index (χ2n) is 9.67. The molecule has 5 atom stereocenters. The monoisotopic (exact) mass is 424 g/mol. The van der Waals surface area contributed by atoms with E-state index < -0.39 is 23.2 Å². The van der Waals surface area contributed by atoms with Gasteiger partial charge in [0, 0.05) is 0 Å². The molecule has 2 saturated carbocycles. The Balaban J connectivity index is 1.36. The summed E-state index contributed by atoms with van der Waals surface area (Å²) < 4.78 is 5.48. The third kappa shape index (κ3) is 3.16. The number of aliphatic hydroxyl groups is 1. The van der Waals surface area contributed by atoms with Crippen LogP contribution in [-0.2, 0) is 6.42 Å². The number of hydrogen-bond acceptors (Lipinski definition) is 6. The van der Waals surface area contributed by atoms with Gasteiger partial charge in [-0.2, -0.15) is 0 Å². The number of carbonyl (C=O) groups excluding carboxylic acids is 1. The number of aliphatic hydroxyl groups excluding tert-OH is 1. The molecule has 31 heavy (non-hydrogen) atoms. The maximum atomic E-state index is 12.5. The molecule has 6 heteroatoms. The Morgan fingerprint density at radius 1 is 1.03 bits per heavy atom. The predicted octanol–water partition coefficient (Wildman–Crippen LogP) is 4.24. The molecule has 0 aliphatic heterocycles. The Bertz CT molecular complexity index is 1020. The van der Waals surface area contributed by atoms with Crippen molar-refractivity contribution in [2.24, 2.45) is 17.3 Å². The van der Waals surface area contributed by atoms with Crippen molar-refractivity contribution in [1.29, 1.82) is 0 Å². The van der Waals surface area contributed by atoms with Crippen LogP contribution in [0.25, 0.3) is 0 Å². The third-order valence-corrected chi connectivity index (χ3v) is 8.16. The number of benzene rings is 2. The van der Waals surface area contributed by atoms with Gasteiger partial charge in [0.2, 0.25) is 0 Å². The summed E-state index contributed by atoms with van der Waals surface area (Å²) in [5.74, 6) is -0.462. The van der Waals surface area contributed by atoms with Crippen LogP contribution in [0.5, 0.6) is 23.0 Å². The Labute approximate surface area is 181 Å². The molecule has 0 unspecified atom stereocenters. The van der Waals surface area contributed by atoms with Gasteiger partial charge < -0.3 is 25.2 Å². The van der Waals surface area contributed by atoms with E-state index >= 15 is 0 Å². The molecule has 0 radical (unpaired) electrons. The topological polar surface area (TPSA) is 107 Å². The highest BCUT2D eigenvalue weighted by Gasteiger charge is 2.54. The number of phenols is 3. The fourth-order valence-electron chi connectivity index (χ4n) is 6.48. The molecule has 0 aromatic heterocycles. The minimum absolute atomic E-state index is 0.0445. The van der Waals surface area contributed by atoms with E-state index in [0.717, 1.165) is 50.7 Å². The molecule has 3 aliphatic rings. The number of carbonyl (C=O) groups is 1. The van der Waals surface area contributed by atoms with Crippen LogP contribution >= 0.6 is 0 Å². The first kappa shape index (κ1) is 20.2. The van der Waals surface area contributed by atoms with E-state index in [1.807, 2.05) is 6.07 Å². The Hall–Kier alpha value is -2.73. The molecule has 0 saturated heterocycles. The molecule has 0 bridgehead atoms. The van der Waals surface area contributed by atoms with E-state index in [1.165, 1.54) is 11.1 Å². The first-order chi connectivity index (χ1) is 14.8. The van der Waals surface area contributed by atoms with Crippen LogP contribution in [-0.4, -0.2) is 32.5 Å². The van der Waals surface area contributed by atoms with Gasteiger partial charge in [-0.05, 0) is 97.1 Å². The van der Waals surface area contributed by atoms with E-state index in [0.29, 0.717) is 23.5 Å². The Morgan fingerprint density at radius 3 is 2.52 bits per heavy atom. The minimum Gasteiger partial charge on any atom is -0.504 e. The number of aryl methyl sites for hydroxylation is 1. The van der Waals surface area contributed by atoms with Crippen molar-refractivity contribution in [3.05, 3.63) is 47.0 Å². The van der Waals surface area contributed by atoms with Crippen molar-refractivity contribution in [1.82, 2.24) is 0 Å². The maximum Gasteiger partial charge on any atom is 0.343 e. The van der Waals surface area contributed by atoms with Crippen LogP contribution in [0.4, 0.5) is 0 Å². The fraction of sp³-hybridized carbons (Fsp3) is 0.480. The van der Waals surface area contributed by atoms with E-state index in [2.05, 4.69) is 13.0 Å². The van der Waals surface area contributed by atoms with E-state index in [1.54, 1.807) is 6.07 Å². The normalized spacial score (nSPS) is 31.4. The number of esters is 1. The van der Waals surface area contributed by atoms with Gasteiger partial charge in [0.05, 0.1) is 11.7 Å². The van der Waals surface area contributed by atoms with Crippen LogP contribution in [0.3, 0.4) is 0 Å². The molecule has 0 amide bonds. The third-order valence-electron chi connectivity index (χ3n) is 8.16. The van der Waals surface area contributed by atoms with Gasteiger partial charge >= 0.3 is 5.97 Å².